The molecule has 1 aliphatic heterocycles. The highest BCUT2D eigenvalue weighted by Crippen LogP contribution is 2.26. The van der Waals surface area contributed by atoms with Gasteiger partial charge in [0, 0.05) is 24.0 Å². The molecule has 0 bridgehead atoms. The molecule has 0 aromatic heterocycles. The number of rotatable bonds is 3. The van der Waals surface area contributed by atoms with Crippen molar-refractivity contribution in [1.29, 1.82) is 0 Å². The van der Waals surface area contributed by atoms with E-state index in [1.807, 2.05) is 26.1 Å². The van der Waals surface area contributed by atoms with Crippen molar-refractivity contribution in [3.05, 3.63) is 28.8 Å². The van der Waals surface area contributed by atoms with Crippen molar-refractivity contribution < 1.29 is 9.53 Å². The van der Waals surface area contributed by atoms with E-state index in [9.17, 15) is 4.79 Å². The molecule has 1 aliphatic rings. The number of aryl methyl sites for hydroxylation is 1. The molecule has 2 rings (SSSR count). The monoisotopic (exact) mass is 268 g/mol. The number of anilines is 1. The van der Waals surface area contributed by atoms with Gasteiger partial charge in [-0.25, -0.2) is 4.79 Å². The van der Waals surface area contributed by atoms with E-state index in [1.54, 1.807) is 11.0 Å². The highest BCUT2D eigenvalue weighted by Gasteiger charge is 2.28. The predicted octanol–water partition coefficient (Wildman–Crippen LogP) is 2.44. The second-order valence-corrected chi connectivity index (χ2v) is 4.98. The van der Waals surface area contributed by atoms with Gasteiger partial charge in [0.1, 0.15) is 0 Å². The van der Waals surface area contributed by atoms with Gasteiger partial charge >= 0.3 is 6.09 Å². The Morgan fingerprint density at radius 2 is 2.33 bits per heavy atom. The number of amides is 1. The molecular weight excluding hydrogens is 252 g/mol. The first-order chi connectivity index (χ1) is 8.61. The molecule has 5 heteroatoms. The Balaban J connectivity index is 2.21. The molecule has 1 aromatic carbocycles. The zero-order valence-electron chi connectivity index (χ0n) is 10.6. The van der Waals surface area contributed by atoms with Gasteiger partial charge < -0.3 is 10.1 Å². The second-order valence-electron chi connectivity index (χ2n) is 4.54. The number of hydrogen-bond donors (Lipinski definition) is 1. The Bertz CT molecular complexity index is 451. The van der Waals surface area contributed by atoms with E-state index in [4.69, 9.17) is 16.3 Å². The molecule has 1 fully saturated rings. The van der Waals surface area contributed by atoms with Gasteiger partial charge in [-0.1, -0.05) is 11.6 Å². The standard InChI is InChI=1S/C13H17ClN2O2/c1-9-5-11(14)3-4-12(9)16-7-10(6-15-2)8-18-13(16)17/h3-5,10,15H,6-8H2,1-2H3. The van der Waals surface area contributed by atoms with Crippen LogP contribution < -0.4 is 10.2 Å². The average molecular weight is 269 g/mol. The molecule has 1 heterocycles. The smallest absolute Gasteiger partial charge is 0.414 e. The van der Waals surface area contributed by atoms with Crippen molar-refractivity contribution >= 4 is 23.4 Å². The van der Waals surface area contributed by atoms with Crippen LogP contribution in [0.4, 0.5) is 10.5 Å². The van der Waals surface area contributed by atoms with Crippen molar-refractivity contribution in [3.63, 3.8) is 0 Å². The number of hydrogen-bond acceptors (Lipinski definition) is 3. The normalized spacial score (nSPS) is 19.8. The van der Waals surface area contributed by atoms with Gasteiger partial charge in [-0.3, -0.25) is 4.90 Å². The van der Waals surface area contributed by atoms with Crippen LogP contribution in [0.25, 0.3) is 0 Å². The minimum Gasteiger partial charge on any atom is -0.449 e. The van der Waals surface area contributed by atoms with Gasteiger partial charge in [0.25, 0.3) is 0 Å². The average Bonchev–Trinajstić information content (AvgIpc) is 2.33. The lowest BCUT2D eigenvalue weighted by atomic mass is 10.1. The minimum atomic E-state index is -0.284. The summed E-state index contributed by atoms with van der Waals surface area (Å²) in [7, 11) is 1.90. The summed E-state index contributed by atoms with van der Waals surface area (Å²) in [5.41, 5.74) is 1.84. The summed E-state index contributed by atoms with van der Waals surface area (Å²) in [4.78, 5) is 13.5. The first kappa shape index (κ1) is 13.2. The molecule has 4 nitrogen and oxygen atoms in total. The van der Waals surface area contributed by atoms with E-state index >= 15 is 0 Å². The zero-order chi connectivity index (χ0) is 13.1. The van der Waals surface area contributed by atoms with Crippen molar-refractivity contribution in [2.45, 2.75) is 6.92 Å². The number of benzene rings is 1. The van der Waals surface area contributed by atoms with Gasteiger partial charge in [0.15, 0.2) is 0 Å². The van der Waals surface area contributed by atoms with Crippen molar-refractivity contribution in [3.8, 4) is 0 Å². The number of nitrogens with one attached hydrogen (secondary N) is 1. The number of halogens is 1. The fourth-order valence-electron chi connectivity index (χ4n) is 2.18. The third-order valence-corrected chi connectivity index (χ3v) is 3.28. The Hall–Kier alpha value is -1.26. The fraction of sp³-hybridized carbons (Fsp3) is 0.462. The lowest BCUT2D eigenvalue weighted by Crippen LogP contribution is -2.46. The van der Waals surface area contributed by atoms with E-state index in [2.05, 4.69) is 5.32 Å². The SMILES string of the molecule is CNCC1COC(=O)N(c2ccc(Cl)cc2C)C1. The minimum absolute atomic E-state index is 0.284. The third-order valence-electron chi connectivity index (χ3n) is 3.05. The number of carbonyl (C=O) groups excluding carboxylic acids is 1. The molecule has 98 valence electrons. The Labute approximate surface area is 112 Å². The van der Waals surface area contributed by atoms with Crippen LogP contribution in [0.2, 0.25) is 5.02 Å². The highest BCUT2D eigenvalue weighted by molar-refractivity contribution is 6.30. The van der Waals surface area contributed by atoms with Crippen LogP contribution in [0, 0.1) is 12.8 Å². The number of ether oxygens (including phenoxy) is 1. The Morgan fingerprint density at radius 3 is 3.00 bits per heavy atom. The largest absolute Gasteiger partial charge is 0.449 e. The van der Waals surface area contributed by atoms with E-state index in [1.165, 1.54) is 0 Å². The van der Waals surface area contributed by atoms with Crippen LogP contribution in [0.15, 0.2) is 18.2 Å². The van der Waals surface area contributed by atoms with Crippen LogP contribution in [-0.4, -0.2) is 32.8 Å². The molecule has 1 atom stereocenters. The molecule has 18 heavy (non-hydrogen) atoms. The van der Waals surface area contributed by atoms with Crippen molar-refractivity contribution in [2.24, 2.45) is 5.92 Å². The highest BCUT2D eigenvalue weighted by atomic mass is 35.5. The van der Waals surface area contributed by atoms with Gasteiger partial charge in [-0.05, 0) is 37.7 Å². The van der Waals surface area contributed by atoms with Crippen LogP contribution in [-0.2, 0) is 4.74 Å². The summed E-state index contributed by atoms with van der Waals surface area (Å²) in [5, 5.41) is 3.78. The summed E-state index contributed by atoms with van der Waals surface area (Å²) in [6.45, 7) is 3.91. The van der Waals surface area contributed by atoms with Crippen LogP contribution in [0.5, 0.6) is 0 Å². The third kappa shape index (κ3) is 2.76. The van der Waals surface area contributed by atoms with Crippen LogP contribution in [0.3, 0.4) is 0 Å². The number of cyclic esters (lactones) is 1. The molecule has 0 saturated carbocycles. The summed E-state index contributed by atoms with van der Waals surface area (Å²) in [5.74, 6) is 0.308. The summed E-state index contributed by atoms with van der Waals surface area (Å²) in [6, 6.07) is 5.51. The van der Waals surface area contributed by atoms with Gasteiger partial charge in [0.2, 0.25) is 0 Å². The van der Waals surface area contributed by atoms with E-state index in [-0.39, 0.29) is 6.09 Å². The zero-order valence-corrected chi connectivity index (χ0v) is 11.3. The lowest BCUT2D eigenvalue weighted by molar-refractivity contribution is 0.115. The van der Waals surface area contributed by atoms with E-state index < -0.39 is 0 Å². The molecule has 0 radical (unpaired) electrons. The number of carbonyl (C=O) groups is 1. The van der Waals surface area contributed by atoms with Gasteiger partial charge in [0.05, 0.1) is 12.3 Å². The molecule has 1 aromatic rings. The van der Waals surface area contributed by atoms with Gasteiger partial charge in [-0.2, -0.15) is 0 Å². The summed E-state index contributed by atoms with van der Waals surface area (Å²) >= 11 is 5.93. The van der Waals surface area contributed by atoms with Gasteiger partial charge in [-0.15, -0.1) is 0 Å². The molecule has 1 saturated heterocycles. The maximum Gasteiger partial charge on any atom is 0.414 e. The molecule has 0 aliphatic carbocycles. The van der Waals surface area contributed by atoms with Crippen LogP contribution in [0.1, 0.15) is 5.56 Å². The predicted molar refractivity (Wildman–Crippen MR) is 72.3 cm³/mol. The molecule has 1 amide bonds. The van der Waals surface area contributed by atoms with E-state index in [0.717, 1.165) is 17.8 Å². The Morgan fingerprint density at radius 1 is 1.56 bits per heavy atom. The fourth-order valence-corrected chi connectivity index (χ4v) is 2.41. The molecular formula is C13H17ClN2O2. The second kappa shape index (κ2) is 5.59. The van der Waals surface area contributed by atoms with Crippen molar-refractivity contribution in [2.75, 3.05) is 31.6 Å². The first-order valence-electron chi connectivity index (χ1n) is 5.97. The number of nitrogens with zero attached hydrogens (tertiary/aromatic N) is 1. The Kier molecular flexibility index (Phi) is 4.09. The maximum atomic E-state index is 11.8. The maximum absolute atomic E-state index is 11.8. The summed E-state index contributed by atoms with van der Waals surface area (Å²) in [6.07, 6.45) is -0.284. The molecule has 1 N–H and O–H groups in total. The van der Waals surface area contributed by atoms with Crippen molar-refractivity contribution in [1.82, 2.24) is 5.32 Å². The lowest BCUT2D eigenvalue weighted by Gasteiger charge is -2.33. The quantitative estimate of drug-likeness (QED) is 0.916. The first-order valence-corrected chi connectivity index (χ1v) is 6.34. The van der Waals surface area contributed by atoms with Crippen LogP contribution >= 0.6 is 11.6 Å². The molecule has 1 unspecified atom stereocenters. The topological polar surface area (TPSA) is 41.6 Å². The summed E-state index contributed by atoms with van der Waals surface area (Å²) < 4.78 is 5.21. The van der Waals surface area contributed by atoms with E-state index in [0.29, 0.717) is 24.1 Å². The molecule has 0 spiro atoms.